The standard InChI is InChI=1S/C74H97N19O15S/c1-41(2)37-57-69(102)85-52(26-31-75)64(97)84-55(29-34-78)68(101)90-61(42(3)94)71(104)81-36-30-56(67(100)83-53(27-32-76)66(99)89-58(70(103)88-57)38-44-13-7-6-8-14-44)86-65(98)54(28-33-77)87-72(105)62(43(4)95)91-73(106)82-47-20-18-45(19-21-47)40-108-74(107)93-59-39-48(109-60-17-10-9-16-50(60)63(96)79-5)23-24-49(59)51(92-93)25-22-46-15-11-12-35-80-46/h6-25,35,39,41-43,52-58,61-62,94-95H,26-34,36-38,40,75-78H2,1-5H3,(H,79,96)(H,81,104)(H,83,100)(H,84,97)(H,85,102)(H,86,98)(H,87,105)(H,88,103)(H,89,99)(H,90,101)(H2,82,91,106)/b25-22+/t42-,43-,52+,53+,54+,55+,56+,57+,58-,61+,62+/m1/s1. The van der Waals surface area contributed by atoms with Crippen LogP contribution in [0.2, 0.25) is 0 Å². The maximum Gasteiger partial charge on any atom is 0.435 e. The average Bonchev–Trinajstić information content (AvgIpc) is 1.63. The summed E-state index contributed by atoms with van der Waals surface area (Å²) in [5.41, 5.74) is 26.9. The first-order valence-corrected chi connectivity index (χ1v) is 36.4. The lowest BCUT2D eigenvalue weighted by atomic mass is 10.00. The summed E-state index contributed by atoms with van der Waals surface area (Å²) in [5.74, 6) is -9.13. The molecule has 3 heterocycles. The molecule has 2 aromatic heterocycles. The molecule has 6 aromatic rings. The number of benzene rings is 4. The number of fused-ring (bicyclic) bond motifs is 1. The minimum absolute atomic E-state index is 0.0296. The summed E-state index contributed by atoms with van der Waals surface area (Å²) in [4.78, 5) is 174. The molecule has 1 saturated heterocycles. The first-order chi connectivity index (χ1) is 52.2. The highest BCUT2D eigenvalue weighted by Crippen LogP contribution is 2.34. The van der Waals surface area contributed by atoms with E-state index in [9.17, 15) is 67.7 Å². The molecule has 0 aliphatic carbocycles. The number of carbonyl (C=O) groups is 12. The number of aliphatic hydroxyl groups excluding tert-OH is 2. The van der Waals surface area contributed by atoms with Gasteiger partial charge < -0.3 is 102 Å². The van der Waals surface area contributed by atoms with Crippen molar-refractivity contribution in [1.29, 1.82) is 0 Å². The Morgan fingerprint density at radius 2 is 1.24 bits per heavy atom. The molecule has 4 aromatic carbocycles. The molecule has 0 spiro atoms. The highest BCUT2D eigenvalue weighted by atomic mass is 32.2. The number of nitrogens with zero attached hydrogens (tertiary/aromatic N) is 3. The summed E-state index contributed by atoms with van der Waals surface area (Å²) >= 11 is 1.32. The van der Waals surface area contributed by atoms with E-state index in [1.807, 2.05) is 36.4 Å². The van der Waals surface area contributed by atoms with Crippen LogP contribution in [-0.2, 0) is 60.9 Å². The summed E-state index contributed by atoms with van der Waals surface area (Å²) in [5, 5.41) is 57.7. The van der Waals surface area contributed by atoms with Crippen LogP contribution in [0.4, 0.5) is 15.3 Å². The first kappa shape index (κ1) is 85.0. The molecule has 1 fully saturated rings. The number of hydrogen-bond donors (Lipinski definition) is 18. The Hall–Kier alpha value is -11.2. The van der Waals surface area contributed by atoms with E-state index in [2.05, 4.69) is 73.9 Å². The Kier molecular flexibility index (Phi) is 33.1. The van der Waals surface area contributed by atoms with Gasteiger partial charge in [0.2, 0.25) is 53.2 Å². The predicted octanol–water partition coefficient (Wildman–Crippen LogP) is -0.369. The molecule has 0 saturated carbocycles. The maximum atomic E-state index is 14.7. The molecule has 35 heteroatoms. The molecule has 34 nitrogen and oxygen atoms in total. The molecule has 11 atom stereocenters. The molecule has 1 aliphatic rings. The second-order valence-electron chi connectivity index (χ2n) is 26.2. The van der Waals surface area contributed by atoms with Crippen molar-refractivity contribution in [2.75, 3.05) is 45.1 Å². The minimum Gasteiger partial charge on any atom is -0.443 e. The molecular weight excluding hydrogens is 1430 g/mol. The fourth-order valence-corrected chi connectivity index (χ4v) is 12.4. The molecule has 22 N–H and O–H groups in total. The van der Waals surface area contributed by atoms with Crippen LogP contribution >= 0.6 is 11.8 Å². The van der Waals surface area contributed by atoms with Gasteiger partial charge in [-0.05, 0) is 162 Å². The largest absolute Gasteiger partial charge is 0.443 e. The number of pyridine rings is 1. The zero-order valence-corrected chi connectivity index (χ0v) is 61.9. The van der Waals surface area contributed by atoms with Gasteiger partial charge in [-0.15, -0.1) is 0 Å². The number of carbonyl (C=O) groups excluding carboxylic acids is 12. The van der Waals surface area contributed by atoms with Crippen LogP contribution < -0.4 is 86.7 Å². The van der Waals surface area contributed by atoms with E-state index in [1.165, 1.54) is 37.7 Å². The van der Waals surface area contributed by atoms with E-state index in [1.54, 1.807) is 106 Å². The molecule has 109 heavy (non-hydrogen) atoms. The minimum atomic E-state index is -1.75. The number of nitrogens with one attached hydrogen (secondary N) is 12. The van der Waals surface area contributed by atoms with Gasteiger partial charge in [0.25, 0.3) is 5.91 Å². The van der Waals surface area contributed by atoms with Gasteiger partial charge in [-0.25, -0.2) is 9.59 Å². The summed E-state index contributed by atoms with van der Waals surface area (Å²) in [6.07, 6.45) is -0.394. The highest BCUT2D eigenvalue weighted by molar-refractivity contribution is 7.99. The van der Waals surface area contributed by atoms with Crippen molar-refractivity contribution >= 4 is 112 Å². The fourth-order valence-electron chi connectivity index (χ4n) is 11.5. The zero-order chi connectivity index (χ0) is 79.3. The molecule has 0 bridgehead atoms. The van der Waals surface area contributed by atoms with Crippen molar-refractivity contribution in [2.24, 2.45) is 28.9 Å². The first-order valence-electron chi connectivity index (χ1n) is 35.6. The smallest absolute Gasteiger partial charge is 0.435 e. The lowest BCUT2D eigenvalue weighted by molar-refractivity contribution is -0.136. The summed E-state index contributed by atoms with van der Waals surface area (Å²) in [6.45, 7) is 4.45. The van der Waals surface area contributed by atoms with Crippen molar-refractivity contribution < 1.29 is 72.5 Å². The van der Waals surface area contributed by atoms with Crippen LogP contribution in [-0.4, -0.2) is 203 Å². The lowest BCUT2D eigenvalue weighted by Gasteiger charge is -2.28. The monoisotopic (exact) mass is 1520 g/mol. The van der Waals surface area contributed by atoms with Crippen LogP contribution in [0.3, 0.4) is 0 Å². The summed E-state index contributed by atoms with van der Waals surface area (Å²) in [7, 11) is 1.54. The summed E-state index contributed by atoms with van der Waals surface area (Å²) < 4.78 is 6.89. The Labute approximate surface area is 633 Å². The number of amides is 12. The molecule has 12 amide bonds. The normalized spacial score (nSPS) is 19.8. The topological polar surface area (TPSA) is 534 Å². The van der Waals surface area contributed by atoms with E-state index in [0.29, 0.717) is 48.8 Å². The van der Waals surface area contributed by atoms with Crippen molar-refractivity contribution in [2.45, 2.75) is 156 Å². The number of anilines is 1. The van der Waals surface area contributed by atoms with Crippen LogP contribution in [0.25, 0.3) is 23.1 Å². The third kappa shape index (κ3) is 25.5. The molecule has 0 radical (unpaired) electrons. The summed E-state index contributed by atoms with van der Waals surface area (Å²) in [6, 6.07) is 17.7. The van der Waals surface area contributed by atoms with Crippen LogP contribution in [0.1, 0.15) is 99.1 Å². The van der Waals surface area contributed by atoms with Gasteiger partial charge in [0.05, 0.1) is 34.7 Å². The second-order valence-corrected chi connectivity index (χ2v) is 27.3. The van der Waals surface area contributed by atoms with Gasteiger partial charge in [0.1, 0.15) is 61.0 Å². The number of aliphatic hydroxyl groups is 2. The van der Waals surface area contributed by atoms with Crippen LogP contribution in [0.5, 0.6) is 0 Å². The number of aromatic nitrogens is 3. The van der Waals surface area contributed by atoms with E-state index < -0.39 is 145 Å². The van der Waals surface area contributed by atoms with Gasteiger partial charge in [-0.2, -0.15) is 9.78 Å². The second kappa shape index (κ2) is 42.4. The van der Waals surface area contributed by atoms with Gasteiger partial charge >= 0.3 is 12.1 Å². The van der Waals surface area contributed by atoms with Gasteiger partial charge in [-0.1, -0.05) is 86.3 Å². The quantitative estimate of drug-likeness (QED) is 0.0313. The number of hydrogen-bond acceptors (Lipinski definition) is 22. The Bertz CT molecular complexity index is 4170. The van der Waals surface area contributed by atoms with Gasteiger partial charge in [-0.3, -0.25) is 52.9 Å². The molecule has 0 unspecified atom stereocenters. The zero-order valence-electron chi connectivity index (χ0n) is 61.1. The van der Waals surface area contributed by atoms with E-state index in [0.717, 1.165) is 4.68 Å². The van der Waals surface area contributed by atoms with Crippen molar-refractivity contribution in [1.82, 2.24) is 73.2 Å². The molecule has 584 valence electrons. The van der Waals surface area contributed by atoms with Gasteiger partial charge in [0.15, 0.2) is 0 Å². The number of ether oxygens (including phenoxy) is 1. The predicted molar refractivity (Wildman–Crippen MR) is 406 cm³/mol. The SMILES string of the molecule is CNC(=O)c1ccccc1Sc1ccc2c(/C=C/c3ccccn3)nn(C(=O)OCc3ccc(NC(=O)N[C@H](C(=O)N[C@@H](CCN)C(=O)N[C@H]4CCNC(=O)[C@H]([C@@H](C)O)NC(=O)[C@H](CCN)NC(=O)[C@H](CCN)NC(=O)[C@H](CC(C)C)NC(=O)[C@@H](Cc5ccccc5)NC(=O)[C@H](CCN)NC4=O)[C@@H](C)O)cc3)c2c1. The number of urea groups is 1. The van der Waals surface area contributed by atoms with E-state index >= 15 is 0 Å². The Morgan fingerprint density at radius 3 is 1.84 bits per heavy atom. The van der Waals surface area contributed by atoms with Gasteiger partial charge in [0, 0.05) is 47.1 Å². The number of nitrogens with two attached hydrogens (primary N) is 4. The van der Waals surface area contributed by atoms with Crippen molar-refractivity contribution in [3.63, 3.8) is 0 Å². The van der Waals surface area contributed by atoms with E-state index in [4.69, 9.17) is 27.7 Å². The third-order valence-corrected chi connectivity index (χ3v) is 18.3. The lowest BCUT2D eigenvalue weighted by Crippen LogP contribution is -2.61. The van der Waals surface area contributed by atoms with Crippen molar-refractivity contribution in [3.8, 4) is 0 Å². The highest BCUT2D eigenvalue weighted by Gasteiger charge is 2.37. The Balaban J connectivity index is 1.07. The number of rotatable bonds is 27. The average molecular weight is 1520 g/mol. The molecule has 1 aliphatic heterocycles. The molecular formula is C74H97N19O15S. The maximum absolute atomic E-state index is 14.7. The van der Waals surface area contributed by atoms with Crippen molar-refractivity contribution in [3.05, 3.63) is 150 Å². The van der Waals surface area contributed by atoms with Crippen LogP contribution in [0, 0.1) is 5.92 Å². The third-order valence-electron chi connectivity index (χ3n) is 17.2. The fraction of sp³-hybridized carbons (Fsp3) is 0.405. The molecule has 7 rings (SSSR count). The Morgan fingerprint density at radius 1 is 0.642 bits per heavy atom. The van der Waals surface area contributed by atoms with Crippen LogP contribution in [0.15, 0.2) is 131 Å². The van der Waals surface area contributed by atoms with E-state index in [-0.39, 0.29) is 88.8 Å².